The average Bonchev–Trinajstić information content (AvgIpc) is 2.59. The molecule has 0 radical (unpaired) electrons. The Labute approximate surface area is 246 Å². The van der Waals surface area contributed by atoms with Gasteiger partial charge >= 0.3 is 13.8 Å². The van der Waals surface area contributed by atoms with Gasteiger partial charge in [0.2, 0.25) is 16.6 Å². The molecule has 0 aromatic rings. The van der Waals surface area contributed by atoms with E-state index in [1.165, 1.54) is 0 Å². The molecule has 0 amide bonds. The fourth-order valence-corrected chi connectivity index (χ4v) is 12.3. The van der Waals surface area contributed by atoms with Crippen molar-refractivity contribution in [3.05, 3.63) is 0 Å². The Kier molecular flexibility index (Phi) is 12.3. The minimum Gasteiger partial charge on any atom is -0.517 e. The van der Waals surface area contributed by atoms with Crippen LogP contribution in [0.5, 0.6) is 0 Å². The van der Waals surface area contributed by atoms with Crippen molar-refractivity contribution in [2.24, 2.45) is 0 Å². The van der Waals surface area contributed by atoms with Crippen molar-refractivity contribution >= 4 is 47.1 Å². The molecule has 0 bridgehead atoms. The maximum absolute atomic E-state index is 14.5. The molecule has 0 aromatic carbocycles. The Balaban J connectivity index is 6.56. The number of rotatable bonds is 11. The van der Waals surface area contributed by atoms with Gasteiger partial charge in [0.25, 0.3) is 8.32 Å². The van der Waals surface area contributed by atoms with Crippen LogP contribution >= 0.6 is 7.82 Å². The van der Waals surface area contributed by atoms with E-state index in [9.17, 15) is 9.36 Å². The zero-order chi connectivity index (χ0) is 31.9. The first-order valence-electron chi connectivity index (χ1n) is 14.2. The third kappa shape index (κ3) is 10.9. The fourth-order valence-electron chi connectivity index (χ4n) is 2.22. The highest BCUT2D eigenvalue weighted by Gasteiger charge is 2.51. The van der Waals surface area contributed by atoms with Crippen LogP contribution in [0.3, 0.4) is 0 Å². The summed E-state index contributed by atoms with van der Waals surface area (Å²) >= 11 is 0. The van der Waals surface area contributed by atoms with Gasteiger partial charge in [-0.2, -0.15) is 0 Å². The molecule has 7 nitrogen and oxygen atoms in total. The normalized spacial score (nSPS) is 16.3. The molecular weight excluding hydrogens is 580 g/mol. The van der Waals surface area contributed by atoms with Crippen molar-refractivity contribution in [3.63, 3.8) is 0 Å². The van der Waals surface area contributed by atoms with E-state index < -0.39 is 53.2 Å². The third-order valence-corrected chi connectivity index (χ3v) is 31.3. The lowest BCUT2D eigenvalue weighted by atomic mass is 10.2. The molecule has 0 heterocycles. The van der Waals surface area contributed by atoms with Gasteiger partial charge in [-0.05, 0) is 72.5 Å². The van der Waals surface area contributed by atoms with E-state index in [1.54, 1.807) is 0 Å². The summed E-state index contributed by atoms with van der Waals surface area (Å²) < 4.78 is 46.1. The average molecular weight is 643 g/mol. The van der Waals surface area contributed by atoms with E-state index in [1.807, 2.05) is 39.3 Å². The molecule has 0 saturated heterocycles. The van der Waals surface area contributed by atoms with Gasteiger partial charge in [-0.3, -0.25) is 9.32 Å². The van der Waals surface area contributed by atoms with Gasteiger partial charge in [-0.25, -0.2) is 4.57 Å². The molecule has 0 rings (SSSR count). The Morgan fingerprint density at radius 3 is 1.18 bits per heavy atom. The monoisotopic (exact) mass is 642 g/mol. The van der Waals surface area contributed by atoms with Gasteiger partial charge in [0.1, 0.15) is 0 Å². The summed E-state index contributed by atoms with van der Waals surface area (Å²) in [4.78, 5) is 13.7. The van der Waals surface area contributed by atoms with Crippen LogP contribution < -0.4 is 0 Å². The van der Waals surface area contributed by atoms with E-state index >= 15 is 0 Å². The van der Waals surface area contributed by atoms with Gasteiger partial charge in [0.05, 0.1) is 6.61 Å². The molecular formula is C27H63O7PSi4. The molecule has 0 aliphatic carbocycles. The van der Waals surface area contributed by atoms with Crippen LogP contribution in [0.4, 0.5) is 0 Å². The topological polar surface area (TPSA) is 80.3 Å². The standard InChI is InChI=1S/C27H63O7PSi4/c1-24(2,3)36(13,14)31-22(23(28)32-37(15,16)25(4,5)6)21-30-35(29,33-38(17,18)26(7,8)9)34-39(19,20)27(10,11)12/h22H,21H2,1-20H3. The zero-order valence-electron chi connectivity index (χ0n) is 29.1. The molecule has 39 heavy (non-hydrogen) atoms. The van der Waals surface area contributed by atoms with Crippen molar-refractivity contribution in [2.75, 3.05) is 6.61 Å². The van der Waals surface area contributed by atoms with Crippen LogP contribution in [0.15, 0.2) is 0 Å². The Morgan fingerprint density at radius 2 is 0.897 bits per heavy atom. The lowest BCUT2D eigenvalue weighted by Crippen LogP contribution is -2.51. The summed E-state index contributed by atoms with van der Waals surface area (Å²) in [6.45, 7) is 41.1. The molecule has 0 fully saturated rings. The summed E-state index contributed by atoms with van der Waals surface area (Å²) in [5.74, 6) is -0.474. The Morgan fingerprint density at radius 1 is 0.590 bits per heavy atom. The largest absolute Gasteiger partial charge is 0.517 e. The van der Waals surface area contributed by atoms with Gasteiger partial charge in [-0.15, -0.1) is 0 Å². The number of hydrogen-bond acceptors (Lipinski definition) is 7. The van der Waals surface area contributed by atoms with Crippen LogP contribution in [-0.4, -0.2) is 51.9 Å². The minimum absolute atomic E-state index is 0.151. The molecule has 0 aliphatic heterocycles. The molecule has 234 valence electrons. The first-order chi connectivity index (χ1) is 16.6. The zero-order valence-corrected chi connectivity index (χ0v) is 34.0. The maximum atomic E-state index is 14.5. The first kappa shape index (κ1) is 39.4. The molecule has 0 N–H and O–H groups in total. The van der Waals surface area contributed by atoms with Crippen LogP contribution in [0.2, 0.25) is 72.5 Å². The summed E-state index contributed by atoms with van der Waals surface area (Å²) in [7, 11) is -14.1. The maximum Gasteiger partial charge on any atom is 0.455 e. The van der Waals surface area contributed by atoms with Gasteiger partial charge < -0.3 is 17.3 Å². The first-order valence-corrected chi connectivity index (χ1v) is 27.3. The van der Waals surface area contributed by atoms with Crippen molar-refractivity contribution in [1.82, 2.24) is 0 Å². The Bertz CT molecular complexity index is 858. The van der Waals surface area contributed by atoms with E-state index in [4.69, 9.17) is 21.8 Å². The predicted molar refractivity (Wildman–Crippen MR) is 175 cm³/mol. The third-order valence-electron chi connectivity index (χ3n) is 9.34. The van der Waals surface area contributed by atoms with Gasteiger partial charge in [-0.1, -0.05) is 83.1 Å². The molecule has 0 spiro atoms. The number of hydrogen-bond donors (Lipinski definition) is 0. The summed E-state index contributed by atoms with van der Waals surface area (Å²) in [5.41, 5.74) is 0. The van der Waals surface area contributed by atoms with Gasteiger partial charge in [0, 0.05) is 0 Å². The van der Waals surface area contributed by atoms with Crippen LogP contribution in [0, 0.1) is 0 Å². The van der Waals surface area contributed by atoms with Crippen LogP contribution in [-0.2, 0) is 31.2 Å². The SMILES string of the molecule is CC(C)(C)[Si](C)(C)OC(=O)C(COP(=O)(O[Si](C)(C)C(C)(C)C)O[Si](C)(C)C(C)(C)C)O[Si](C)(C)C(C)(C)C. The molecule has 1 unspecified atom stereocenters. The number of carbonyl (C=O) groups is 1. The highest BCUT2D eigenvalue weighted by molar-refractivity contribution is 7.52. The van der Waals surface area contributed by atoms with Crippen molar-refractivity contribution in [1.29, 1.82) is 0 Å². The predicted octanol–water partition coefficient (Wildman–Crippen LogP) is 10.1. The smallest absolute Gasteiger partial charge is 0.455 e. The summed E-state index contributed by atoms with van der Waals surface area (Å²) in [6, 6.07) is 0. The number of carbonyl (C=O) groups excluding carboxylic acids is 1. The molecule has 0 aromatic heterocycles. The van der Waals surface area contributed by atoms with Gasteiger partial charge in [0.15, 0.2) is 14.4 Å². The van der Waals surface area contributed by atoms with Crippen molar-refractivity contribution < 1.29 is 31.2 Å². The number of phosphoric acid groups is 1. The fraction of sp³-hybridized carbons (Fsp3) is 0.963. The highest BCUT2D eigenvalue weighted by atomic mass is 31.2. The van der Waals surface area contributed by atoms with Crippen LogP contribution in [0.25, 0.3) is 0 Å². The Hall–Kier alpha value is 0.408. The molecule has 1 atom stereocenters. The highest BCUT2D eigenvalue weighted by Crippen LogP contribution is 2.60. The summed E-state index contributed by atoms with van der Waals surface area (Å²) in [5, 5.41) is -0.763. The quantitative estimate of drug-likeness (QED) is 0.164. The lowest BCUT2D eigenvalue weighted by Gasteiger charge is -2.43. The molecule has 12 heteroatoms. The van der Waals surface area contributed by atoms with E-state index in [2.05, 4.69) is 96.2 Å². The second kappa shape index (κ2) is 12.2. The lowest BCUT2D eigenvalue weighted by molar-refractivity contribution is -0.145. The van der Waals surface area contributed by atoms with Crippen LogP contribution in [0.1, 0.15) is 83.1 Å². The second-order valence-corrected chi connectivity index (χ2v) is 38.1. The van der Waals surface area contributed by atoms with E-state index in [0.717, 1.165) is 0 Å². The van der Waals surface area contributed by atoms with Crippen molar-refractivity contribution in [2.45, 2.75) is 162 Å². The molecule has 0 saturated carbocycles. The van der Waals surface area contributed by atoms with Crippen molar-refractivity contribution in [3.8, 4) is 0 Å². The van der Waals surface area contributed by atoms with E-state index in [0.29, 0.717) is 0 Å². The second-order valence-electron chi connectivity index (χ2n) is 17.0. The molecule has 0 aliphatic rings. The summed E-state index contributed by atoms with van der Waals surface area (Å²) in [6.07, 6.45) is -1.04. The minimum atomic E-state index is -4.08. The van der Waals surface area contributed by atoms with E-state index in [-0.39, 0.29) is 26.8 Å².